The molecule has 0 aliphatic carbocycles. The van der Waals surface area contributed by atoms with Gasteiger partial charge in [0.25, 0.3) is 0 Å². The third-order valence-electron chi connectivity index (χ3n) is 1.00. The van der Waals surface area contributed by atoms with Crippen LogP contribution in [0.2, 0.25) is 0 Å². The van der Waals surface area contributed by atoms with E-state index in [9.17, 15) is 9.59 Å². The Hall–Kier alpha value is -0.900. The maximum Gasteiger partial charge on any atom is 0.313 e. The van der Waals surface area contributed by atoms with Gasteiger partial charge in [0.2, 0.25) is 0 Å². The van der Waals surface area contributed by atoms with Crippen LogP contribution in [0.15, 0.2) is 0 Å². The van der Waals surface area contributed by atoms with Gasteiger partial charge in [0.1, 0.15) is 12.2 Å². The van der Waals surface area contributed by atoms with Gasteiger partial charge in [-0.3, -0.25) is 9.59 Å². The average molecular weight is 159 g/mol. The van der Waals surface area contributed by atoms with Crippen molar-refractivity contribution in [2.24, 2.45) is 5.73 Å². The minimum absolute atomic E-state index is 0.134. The summed E-state index contributed by atoms with van der Waals surface area (Å²) in [4.78, 5) is 21.0. The van der Waals surface area contributed by atoms with Crippen LogP contribution in [0.5, 0.6) is 0 Å². The van der Waals surface area contributed by atoms with Crippen molar-refractivity contribution in [1.82, 2.24) is 0 Å². The lowest BCUT2D eigenvalue weighted by Gasteiger charge is -2.00. The Balaban J connectivity index is 3.30. The van der Waals surface area contributed by atoms with Crippen LogP contribution in [-0.2, 0) is 14.3 Å². The molecule has 0 bridgehead atoms. The molecular weight excluding hydrogens is 146 g/mol. The molecule has 0 rings (SSSR count). The van der Waals surface area contributed by atoms with Crippen molar-refractivity contribution < 1.29 is 14.3 Å². The Morgan fingerprint density at radius 2 is 2.09 bits per heavy atom. The van der Waals surface area contributed by atoms with Gasteiger partial charge in [0, 0.05) is 0 Å². The third-order valence-corrected chi connectivity index (χ3v) is 1.00. The molecule has 64 valence electrons. The second kappa shape index (κ2) is 5.85. The molecule has 0 aromatic carbocycles. The molecule has 0 atom stereocenters. The first kappa shape index (κ1) is 10.1. The van der Waals surface area contributed by atoms with Crippen LogP contribution in [0, 0.1) is 0 Å². The van der Waals surface area contributed by atoms with E-state index < -0.39 is 5.97 Å². The number of carbonyl (C=O) groups is 2. The first-order chi connectivity index (χ1) is 5.16. The first-order valence-corrected chi connectivity index (χ1v) is 3.52. The van der Waals surface area contributed by atoms with Gasteiger partial charge in [-0.1, -0.05) is 0 Å². The second-order valence-electron chi connectivity index (χ2n) is 2.24. The van der Waals surface area contributed by atoms with Gasteiger partial charge in [-0.25, -0.2) is 0 Å². The van der Waals surface area contributed by atoms with Crippen molar-refractivity contribution in [2.75, 3.05) is 13.2 Å². The number of rotatable bonds is 5. The lowest BCUT2D eigenvalue weighted by Crippen LogP contribution is -2.12. The summed E-state index contributed by atoms with van der Waals surface area (Å²) in [5.74, 6) is -0.645. The van der Waals surface area contributed by atoms with Gasteiger partial charge in [-0.15, -0.1) is 0 Å². The summed E-state index contributed by atoms with van der Waals surface area (Å²) < 4.78 is 4.65. The molecule has 0 aliphatic rings. The van der Waals surface area contributed by atoms with E-state index in [1.54, 1.807) is 0 Å². The van der Waals surface area contributed by atoms with Gasteiger partial charge >= 0.3 is 5.97 Å². The summed E-state index contributed by atoms with van der Waals surface area (Å²) in [5, 5.41) is 0. The molecule has 0 amide bonds. The fourth-order valence-corrected chi connectivity index (χ4v) is 0.524. The maximum absolute atomic E-state index is 10.6. The highest BCUT2D eigenvalue weighted by Crippen LogP contribution is 1.88. The summed E-state index contributed by atoms with van der Waals surface area (Å²) in [5.41, 5.74) is 5.16. The molecule has 0 saturated carbocycles. The number of Topliss-reactive ketones (excluding diaryl/α,β-unsaturated/α-hetero) is 1. The van der Waals surface area contributed by atoms with Gasteiger partial charge < -0.3 is 10.5 Å². The minimum Gasteiger partial charge on any atom is -0.465 e. The van der Waals surface area contributed by atoms with Crippen molar-refractivity contribution in [2.45, 2.75) is 19.8 Å². The van der Waals surface area contributed by atoms with Crippen LogP contribution in [-0.4, -0.2) is 24.9 Å². The molecule has 0 aromatic heterocycles. The SMILES string of the molecule is CC(=O)CC(=O)OCCCN. The van der Waals surface area contributed by atoms with Crippen molar-refractivity contribution in [3.63, 3.8) is 0 Å². The van der Waals surface area contributed by atoms with Crippen LogP contribution in [0.25, 0.3) is 0 Å². The summed E-state index contributed by atoms with van der Waals surface area (Å²) in [7, 11) is 0. The smallest absolute Gasteiger partial charge is 0.313 e. The second-order valence-corrected chi connectivity index (χ2v) is 2.24. The van der Waals surface area contributed by atoms with Crippen molar-refractivity contribution in [1.29, 1.82) is 0 Å². The predicted molar refractivity (Wildman–Crippen MR) is 39.9 cm³/mol. The zero-order valence-corrected chi connectivity index (χ0v) is 6.63. The highest BCUT2D eigenvalue weighted by atomic mass is 16.5. The van der Waals surface area contributed by atoms with E-state index in [-0.39, 0.29) is 12.2 Å². The molecule has 0 fully saturated rings. The third kappa shape index (κ3) is 6.99. The molecule has 4 nitrogen and oxygen atoms in total. The zero-order valence-electron chi connectivity index (χ0n) is 6.63. The Morgan fingerprint density at radius 3 is 2.55 bits per heavy atom. The van der Waals surface area contributed by atoms with E-state index in [1.165, 1.54) is 6.92 Å². The zero-order chi connectivity index (χ0) is 8.69. The number of hydrogen-bond acceptors (Lipinski definition) is 4. The maximum atomic E-state index is 10.6. The molecular formula is C7H13NO3. The molecule has 11 heavy (non-hydrogen) atoms. The molecule has 0 heterocycles. The molecule has 0 saturated heterocycles. The standard InChI is InChI=1S/C7H13NO3/c1-6(9)5-7(10)11-4-2-3-8/h2-5,8H2,1H3. The lowest BCUT2D eigenvalue weighted by atomic mass is 10.3. The summed E-state index contributed by atoms with van der Waals surface area (Å²) in [6.07, 6.45) is 0.508. The molecule has 0 aromatic rings. The molecule has 2 N–H and O–H groups in total. The number of carbonyl (C=O) groups excluding carboxylic acids is 2. The molecule has 4 heteroatoms. The lowest BCUT2D eigenvalue weighted by molar-refractivity contribution is -0.145. The van der Waals surface area contributed by atoms with Gasteiger partial charge in [-0.2, -0.15) is 0 Å². The largest absolute Gasteiger partial charge is 0.465 e. The Morgan fingerprint density at radius 1 is 1.45 bits per heavy atom. The summed E-state index contributed by atoms with van der Waals surface area (Å²) in [6, 6.07) is 0. The van der Waals surface area contributed by atoms with Gasteiger partial charge in [0.15, 0.2) is 0 Å². The van der Waals surface area contributed by atoms with E-state index in [4.69, 9.17) is 5.73 Å². The fourth-order valence-electron chi connectivity index (χ4n) is 0.524. The highest BCUT2D eigenvalue weighted by Gasteiger charge is 2.04. The Labute approximate surface area is 65.7 Å². The van der Waals surface area contributed by atoms with E-state index >= 15 is 0 Å². The topological polar surface area (TPSA) is 69.4 Å². The average Bonchev–Trinajstić information content (AvgIpc) is 1.86. The van der Waals surface area contributed by atoms with E-state index in [2.05, 4.69) is 4.74 Å². The predicted octanol–water partition coefficient (Wildman–Crippen LogP) is -0.142. The highest BCUT2D eigenvalue weighted by molar-refractivity contribution is 5.94. The fraction of sp³-hybridized carbons (Fsp3) is 0.714. The Bertz CT molecular complexity index is 145. The molecule has 0 spiro atoms. The van der Waals surface area contributed by atoms with E-state index in [1.807, 2.05) is 0 Å². The number of nitrogens with two attached hydrogens (primary N) is 1. The van der Waals surface area contributed by atoms with Crippen LogP contribution in [0.4, 0.5) is 0 Å². The van der Waals surface area contributed by atoms with Gasteiger partial charge in [-0.05, 0) is 19.9 Å². The number of ether oxygens (including phenoxy) is 1. The normalized spacial score (nSPS) is 9.27. The monoisotopic (exact) mass is 159 g/mol. The summed E-state index contributed by atoms with van der Waals surface area (Å²) >= 11 is 0. The molecule has 0 radical (unpaired) electrons. The Kier molecular flexibility index (Phi) is 5.37. The summed E-state index contributed by atoms with van der Waals surface area (Å²) in [6.45, 7) is 2.15. The van der Waals surface area contributed by atoms with Crippen LogP contribution in [0.3, 0.4) is 0 Å². The number of esters is 1. The van der Waals surface area contributed by atoms with Crippen molar-refractivity contribution in [3.05, 3.63) is 0 Å². The van der Waals surface area contributed by atoms with Crippen molar-refractivity contribution in [3.8, 4) is 0 Å². The quantitative estimate of drug-likeness (QED) is 0.344. The number of hydrogen-bond donors (Lipinski definition) is 1. The molecule has 0 aliphatic heterocycles. The molecule has 0 unspecified atom stereocenters. The van der Waals surface area contributed by atoms with Crippen LogP contribution >= 0.6 is 0 Å². The minimum atomic E-state index is -0.467. The number of ketones is 1. The van der Waals surface area contributed by atoms with Crippen LogP contribution < -0.4 is 5.73 Å². The van der Waals surface area contributed by atoms with Crippen molar-refractivity contribution >= 4 is 11.8 Å². The van der Waals surface area contributed by atoms with E-state index in [0.29, 0.717) is 19.6 Å². The first-order valence-electron chi connectivity index (χ1n) is 3.52. The van der Waals surface area contributed by atoms with Crippen LogP contribution in [0.1, 0.15) is 19.8 Å². The van der Waals surface area contributed by atoms with E-state index in [0.717, 1.165) is 0 Å². The van der Waals surface area contributed by atoms with Gasteiger partial charge in [0.05, 0.1) is 6.61 Å².